The van der Waals surface area contributed by atoms with Gasteiger partial charge in [0.25, 0.3) is 5.91 Å². The maximum atomic E-state index is 12.6. The van der Waals surface area contributed by atoms with E-state index in [0.717, 1.165) is 10.8 Å². The molecule has 0 spiro atoms. The quantitative estimate of drug-likeness (QED) is 0.583. The molecule has 0 aliphatic carbocycles. The fourth-order valence-corrected chi connectivity index (χ4v) is 4.62. The molecule has 0 aliphatic heterocycles. The minimum Gasteiger partial charge on any atom is -0.481 e. The zero-order valence-electron chi connectivity index (χ0n) is 17.3. The number of amides is 1. The van der Waals surface area contributed by atoms with Crippen molar-refractivity contribution in [3.05, 3.63) is 66.7 Å². The van der Waals surface area contributed by atoms with Gasteiger partial charge < -0.3 is 10.1 Å². The highest BCUT2D eigenvalue weighted by Crippen LogP contribution is 2.22. The molecule has 1 N–H and O–H groups in total. The number of hydrogen-bond donors (Lipinski definition) is 1. The topological polar surface area (TPSA) is 75.7 Å². The second-order valence-corrected chi connectivity index (χ2v) is 8.81. The van der Waals surface area contributed by atoms with Gasteiger partial charge in [-0.3, -0.25) is 4.79 Å². The Morgan fingerprint density at radius 2 is 1.60 bits per heavy atom. The van der Waals surface area contributed by atoms with Gasteiger partial charge in [0.1, 0.15) is 5.75 Å². The first-order chi connectivity index (χ1) is 14.3. The van der Waals surface area contributed by atoms with Gasteiger partial charge in [0.15, 0.2) is 6.10 Å². The summed E-state index contributed by atoms with van der Waals surface area (Å²) in [6.07, 6.45) is -0.717. The molecule has 7 heteroatoms. The van der Waals surface area contributed by atoms with Crippen molar-refractivity contribution in [3.63, 3.8) is 0 Å². The van der Waals surface area contributed by atoms with Crippen LogP contribution in [0.2, 0.25) is 0 Å². The van der Waals surface area contributed by atoms with E-state index in [4.69, 9.17) is 4.74 Å². The van der Waals surface area contributed by atoms with Crippen LogP contribution in [0.25, 0.3) is 10.8 Å². The molecule has 3 aromatic carbocycles. The molecule has 0 aromatic heterocycles. The lowest BCUT2D eigenvalue weighted by Gasteiger charge is -2.19. The number of anilines is 1. The number of nitrogens with zero attached hydrogens (tertiary/aromatic N) is 1. The molecule has 158 valence electrons. The van der Waals surface area contributed by atoms with Crippen LogP contribution < -0.4 is 10.1 Å². The van der Waals surface area contributed by atoms with Crippen LogP contribution in [0.4, 0.5) is 5.69 Å². The van der Waals surface area contributed by atoms with Crippen LogP contribution in [0.3, 0.4) is 0 Å². The predicted molar refractivity (Wildman–Crippen MR) is 119 cm³/mol. The fourth-order valence-electron chi connectivity index (χ4n) is 3.17. The van der Waals surface area contributed by atoms with Gasteiger partial charge in [-0.15, -0.1) is 0 Å². The maximum Gasteiger partial charge on any atom is 0.265 e. The van der Waals surface area contributed by atoms with E-state index in [1.165, 1.54) is 16.4 Å². The van der Waals surface area contributed by atoms with Crippen molar-refractivity contribution in [2.45, 2.75) is 31.8 Å². The van der Waals surface area contributed by atoms with Crippen molar-refractivity contribution in [1.82, 2.24) is 4.31 Å². The molecule has 1 atom stereocenters. The first-order valence-corrected chi connectivity index (χ1v) is 11.4. The highest BCUT2D eigenvalue weighted by atomic mass is 32.2. The first kappa shape index (κ1) is 21.8. The summed E-state index contributed by atoms with van der Waals surface area (Å²) in [6, 6.07) is 19.8. The average molecular weight is 427 g/mol. The monoisotopic (exact) mass is 426 g/mol. The summed E-state index contributed by atoms with van der Waals surface area (Å²) in [5.74, 6) is 0.291. The number of sulfonamides is 1. The second-order valence-electron chi connectivity index (χ2n) is 6.87. The highest BCUT2D eigenvalue weighted by Gasteiger charge is 2.21. The molecular formula is C23H26N2O4S. The van der Waals surface area contributed by atoms with Crippen molar-refractivity contribution in [2.75, 3.05) is 18.4 Å². The van der Waals surface area contributed by atoms with E-state index in [1.54, 1.807) is 32.9 Å². The van der Waals surface area contributed by atoms with Gasteiger partial charge in [0.2, 0.25) is 10.0 Å². The van der Waals surface area contributed by atoms with E-state index in [0.29, 0.717) is 24.5 Å². The Balaban J connectivity index is 1.66. The third-order valence-electron chi connectivity index (χ3n) is 4.87. The van der Waals surface area contributed by atoms with Gasteiger partial charge in [0.05, 0.1) is 4.90 Å². The average Bonchev–Trinajstić information content (AvgIpc) is 2.74. The Morgan fingerprint density at radius 3 is 2.23 bits per heavy atom. The standard InChI is InChI=1S/C23H26N2O4S/c1-4-25(5-2)30(27,28)22-14-11-20(12-15-22)24-23(26)17(3)29-21-13-10-18-8-6-7-9-19(18)16-21/h6-17H,4-5H2,1-3H3,(H,24,26)/t17-/m0/s1. The van der Waals surface area contributed by atoms with Crippen LogP contribution in [0.5, 0.6) is 5.75 Å². The summed E-state index contributed by atoms with van der Waals surface area (Å²) in [7, 11) is -3.53. The predicted octanol–water partition coefficient (Wildman–Crippen LogP) is 4.28. The summed E-state index contributed by atoms with van der Waals surface area (Å²) in [4.78, 5) is 12.7. The van der Waals surface area contributed by atoms with Gasteiger partial charge in [-0.1, -0.05) is 44.2 Å². The molecule has 3 aromatic rings. The Bertz CT molecular complexity index is 1120. The molecule has 1 amide bonds. The molecular weight excluding hydrogens is 400 g/mol. The molecule has 0 radical (unpaired) electrons. The van der Waals surface area contributed by atoms with Crippen LogP contribution in [0.1, 0.15) is 20.8 Å². The zero-order chi connectivity index (χ0) is 21.7. The van der Waals surface area contributed by atoms with Crippen molar-refractivity contribution < 1.29 is 17.9 Å². The fraction of sp³-hybridized carbons (Fsp3) is 0.261. The van der Waals surface area contributed by atoms with Gasteiger partial charge in [-0.25, -0.2) is 8.42 Å². The van der Waals surface area contributed by atoms with Crippen molar-refractivity contribution in [3.8, 4) is 5.75 Å². The number of benzene rings is 3. The van der Waals surface area contributed by atoms with Crippen LogP contribution in [0.15, 0.2) is 71.6 Å². The molecule has 0 fully saturated rings. The third-order valence-corrected chi connectivity index (χ3v) is 6.93. The minimum atomic E-state index is -3.53. The Labute approximate surface area is 177 Å². The molecule has 0 saturated carbocycles. The normalized spacial score (nSPS) is 12.7. The Morgan fingerprint density at radius 1 is 0.967 bits per heavy atom. The number of carbonyl (C=O) groups excluding carboxylic acids is 1. The van der Waals surface area contributed by atoms with Crippen molar-refractivity contribution >= 4 is 32.4 Å². The van der Waals surface area contributed by atoms with Gasteiger partial charge in [0, 0.05) is 18.8 Å². The van der Waals surface area contributed by atoms with Gasteiger partial charge in [-0.2, -0.15) is 4.31 Å². The molecule has 0 aliphatic rings. The lowest BCUT2D eigenvalue weighted by molar-refractivity contribution is -0.122. The number of hydrogen-bond acceptors (Lipinski definition) is 4. The molecule has 0 unspecified atom stereocenters. The molecule has 30 heavy (non-hydrogen) atoms. The summed E-state index contributed by atoms with van der Waals surface area (Å²) < 4.78 is 32.3. The summed E-state index contributed by atoms with van der Waals surface area (Å²) in [5.41, 5.74) is 0.507. The van der Waals surface area contributed by atoms with Crippen molar-refractivity contribution in [2.24, 2.45) is 0 Å². The Kier molecular flexibility index (Phi) is 6.74. The molecule has 0 heterocycles. The Hall–Kier alpha value is -2.90. The number of ether oxygens (including phenoxy) is 1. The van der Waals surface area contributed by atoms with Crippen LogP contribution >= 0.6 is 0 Å². The maximum absolute atomic E-state index is 12.6. The first-order valence-electron chi connectivity index (χ1n) is 9.91. The lowest BCUT2D eigenvalue weighted by atomic mass is 10.1. The smallest absolute Gasteiger partial charge is 0.265 e. The SMILES string of the molecule is CCN(CC)S(=O)(=O)c1ccc(NC(=O)[C@H](C)Oc2ccc3ccccc3c2)cc1. The lowest BCUT2D eigenvalue weighted by Crippen LogP contribution is -2.31. The molecule has 3 rings (SSSR count). The summed E-state index contributed by atoms with van der Waals surface area (Å²) in [6.45, 7) is 6.07. The van der Waals surface area contributed by atoms with E-state index in [1.807, 2.05) is 42.5 Å². The van der Waals surface area contributed by atoms with Crippen molar-refractivity contribution in [1.29, 1.82) is 0 Å². The molecule has 0 saturated heterocycles. The number of nitrogens with one attached hydrogen (secondary N) is 1. The van der Waals surface area contributed by atoms with E-state index >= 15 is 0 Å². The number of fused-ring (bicyclic) bond motifs is 1. The van der Waals surface area contributed by atoms with Gasteiger partial charge >= 0.3 is 0 Å². The highest BCUT2D eigenvalue weighted by molar-refractivity contribution is 7.89. The van der Waals surface area contributed by atoms with E-state index < -0.39 is 16.1 Å². The largest absolute Gasteiger partial charge is 0.481 e. The number of rotatable bonds is 8. The minimum absolute atomic E-state index is 0.199. The van der Waals surface area contributed by atoms with Crippen LogP contribution in [-0.4, -0.2) is 37.8 Å². The van der Waals surface area contributed by atoms with E-state index in [9.17, 15) is 13.2 Å². The second kappa shape index (κ2) is 9.28. The zero-order valence-corrected chi connectivity index (χ0v) is 18.1. The number of carbonyl (C=O) groups is 1. The van der Waals surface area contributed by atoms with Gasteiger partial charge in [-0.05, 0) is 54.1 Å². The summed E-state index contributed by atoms with van der Waals surface area (Å²) >= 11 is 0. The van der Waals surface area contributed by atoms with Crippen LogP contribution in [0, 0.1) is 0 Å². The molecule has 6 nitrogen and oxygen atoms in total. The van der Waals surface area contributed by atoms with E-state index in [-0.39, 0.29) is 10.8 Å². The summed E-state index contributed by atoms with van der Waals surface area (Å²) in [5, 5.41) is 4.90. The van der Waals surface area contributed by atoms with E-state index in [2.05, 4.69) is 5.32 Å². The van der Waals surface area contributed by atoms with Crippen LogP contribution in [-0.2, 0) is 14.8 Å². The molecule has 0 bridgehead atoms. The third kappa shape index (κ3) is 4.80.